The number of ether oxygens (including phenoxy) is 1. The molecule has 0 spiro atoms. The van der Waals surface area contributed by atoms with Crippen LogP contribution < -0.4 is 5.32 Å². The first-order valence-corrected chi connectivity index (χ1v) is 39.6. The van der Waals surface area contributed by atoms with Gasteiger partial charge in [0.15, 0.2) is 0 Å². The van der Waals surface area contributed by atoms with E-state index in [4.69, 9.17) is 4.74 Å². The predicted octanol–water partition coefficient (Wildman–Crippen LogP) is 26.0. The highest BCUT2D eigenvalue weighted by atomic mass is 16.5. The first-order valence-electron chi connectivity index (χ1n) is 39.6. The van der Waals surface area contributed by atoms with Gasteiger partial charge in [0.1, 0.15) is 0 Å². The summed E-state index contributed by atoms with van der Waals surface area (Å²) in [4.78, 5) is 24.7. The molecule has 0 aromatic rings. The molecule has 0 aliphatic carbocycles. The van der Waals surface area contributed by atoms with Gasteiger partial charge in [-0.15, -0.1) is 0 Å². The molecule has 510 valence electrons. The quantitative estimate of drug-likeness (QED) is 0.0320. The minimum atomic E-state index is -0.846. The zero-order valence-electron chi connectivity index (χ0n) is 58.6. The van der Waals surface area contributed by atoms with Gasteiger partial charge in [-0.1, -0.05) is 404 Å². The van der Waals surface area contributed by atoms with Crippen LogP contribution in [0.1, 0.15) is 450 Å². The maximum atomic E-state index is 12.6. The zero-order chi connectivity index (χ0) is 62.0. The summed E-state index contributed by atoms with van der Waals surface area (Å²) in [6.45, 7) is 4.96. The van der Waals surface area contributed by atoms with E-state index < -0.39 is 12.1 Å². The summed E-state index contributed by atoms with van der Waals surface area (Å²) in [6, 6.07) is -0.629. The predicted molar refractivity (Wildman–Crippen MR) is 380 cm³/mol. The molecule has 0 radical (unpaired) electrons. The first kappa shape index (κ1) is 84.3. The normalized spacial score (nSPS) is 12.6. The van der Waals surface area contributed by atoms with E-state index in [9.17, 15) is 19.8 Å². The van der Waals surface area contributed by atoms with Crippen molar-refractivity contribution in [3.63, 3.8) is 0 Å². The minimum Gasteiger partial charge on any atom is -0.466 e. The molecular formula is C80H155NO5. The van der Waals surface area contributed by atoms with Crippen LogP contribution in [-0.2, 0) is 14.3 Å². The maximum absolute atomic E-state index is 12.6. The van der Waals surface area contributed by atoms with Crippen LogP contribution in [0, 0.1) is 0 Å². The molecule has 0 aromatic carbocycles. The second-order valence-corrected chi connectivity index (χ2v) is 27.4. The number of carbonyl (C=O) groups excluding carboxylic acids is 2. The van der Waals surface area contributed by atoms with Crippen molar-refractivity contribution in [2.75, 3.05) is 13.2 Å². The Morgan fingerprint density at radius 1 is 0.314 bits per heavy atom. The number of amides is 1. The molecule has 6 heteroatoms. The van der Waals surface area contributed by atoms with Gasteiger partial charge in [0.05, 0.1) is 25.4 Å². The number of aliphatic hydroxyl groups excluding tert-OH is 2. The maximum Gasteiger partial charge on any atom is 0.305 e. The third kappa shape index (κ3) is 71.4. The third-order valence-corrected chi connectivity index (χ3v) is 18.7. The lowest BCUT2D eigenvalue weighted by molar-refractivity contribution is -0.143. The summed E-state index contributed by atoms with van der Waals surface area (Å²) in [7, 11) is 0. The number of esters is 1. The van der Waals surface area contributed by atoms with Crippen molar-refractivity contribution in [3.05, 3.63) is 24.3 Å². The van der Waals surface area contributed by atoms with Crippen LogP contribution in [0.4, 0.5) is 0 Å². The van der Waals surface area contributed by atoms with E-state index >= 15 is 0 Å². The molecule has 0 aliphatic heterocycles. The summed E-state index contributed by atoms with van der Waals surface area (Å²) in [5.41, 5.74) is 0. The topological polar surface area (TPSA) is 95.9 Å². The van der Waals surface area contributed by atoms with Crippen LogP contribution in [0.2, 0.25) is 0 Å². The Bertz CT molecular complexity index is 1350. The fourth-order valence-electron chi connectivity index (χ4n) is 12.7. The van der Waals surface area contributed by atoms with Crippen LogP contribution in [0.5, 0.6) is 0 Å². The van der Waals surface area contributed by atoms with Crippen molar-refractivity contribution in [2.24, 2.45) is 0 Å². The highest BCUT2D eigenvalue weighted by Gasteiger charge is 2.18. The van der Waals surface area contributed by atoms with E-state index in [2.05, 4.69) is 31.3 Å². The Balaban J connectivity index is 3.39. The van der Waals surface area contributed by atoms with E-state index in [0.29, 0.717) is 19.4 Å². The van der Waals surface area contributed by atoms with Gasteiger partial charge in [-0.3, -0.25) is 9.59 Å². The molecule has 0 saturated carbocycles. The fraction of sp³-hybridized carbons (Fsp3) is 0.925. The van der Waals surface area contributed by atoms with Crippen molar-refractivity contribution in [2.45, 2.75) is 463 Å². The molecule has 86 heavy (non-hydrogen) atoms. The second kappa shape index (κ2) is 75.8. The smallest absolute Gasteiger partial charge is 0.305 e. The lowest BCUT2D eigenvalue weighted by Crippen LogP contribution is -2.45. The molecule has 0 aliphatic rings. The van der Waals surface area contributed by atoms with Crippen LogP contribution in [0.25, 0.3) is 0 Å². The minimum absolute atomic E-state index is 0.0201. The molecule has 1 amide bonds. The Labute approximate surface area is 539 Å². The SMILES string of the molecule is CCCCCCCCCCCCCCCCCCCCCCCCC/C=C/C(O)C(CO)NC(=O)CCCCCCCCCCCCCC/C=C\CCCCCCCCCCCCCCOC(=O)CCCCCCCCCCCCCCCCCC. The van der Waals surface area contributed by atoms with E-state index in [1.165, 1.54) is 385 Å². The van der Waals surface area contributed by atoms with Crippen molar-refractivity contribution >= 4 is 11.9 Å². The lowest BCUT2D eigenvalue weighted by Gasteiger charge is -2.20. The van der Waals surface area contributed by atoms with Crippen LogP contribution in [0.3, 0.4) is 0 Å². The van der Waals surface area contributed by atoms with Gasteiger partial charge in [0.2, 0.25) is 5.91 Å². The Morgan fingerprint density at radius 2 is 0.547 bits per heavy atom. The molecule has 6 nitrogen and oxygen atoms in total. The van der Waals surface area contributed by atoms with E-state index in [-0.39, 0.29) is 18.5 Å². The van der Waals surface area contributed by atoms with Crippen molar-refractivity contribution in [1.82, 2.24) is 5.32 Å². The molecule has 0 rings (SSSR count). The molecule has 3 N–H and O–H groups in total. The number of rotatable bonds is 75. The number of aliphatic hydroxyl groups is 2. The Hall–Kier alpha value is -1.66. The van der Waals surface area contributed by atoms with Gasteiger partial charge in [0, 0.05) is 12.8 Å². The molecule has 0 fully saturated rings. The molecule has 0 aromatic heterocycles. The number of allylic oxidation sites excluding steroid dienone is 3. The Morgan fingerprint density at radius 3 is 0.826 bits per heavy atom. The molecule has 0 bridgehead atoms. The number of unbranched alkanes of at least 4 members (excludes halogenated alkanes) is 62. The van der Waals surface area contributed by atoms with Crippen LogP contribution in [-0.4, -0.2) is 47.4 Å². The summed E-state index contributed by atoms with van der Waals surface area (Å²) in [5, 5.41) is 23.3. The van der Waals surface area contributed by atoms with Crippen LogP contribution in [0.15, 0.2) is 24.3 Å². The Kier molecular flexibility index (Phi) is 74.3. The standard InChI is InChI=1S/C80H155NO5/c1-3-5-7-9-11-13-15-17-19-21-22-23-24-29-32-35-38-41-44-48-52-56-60-64-68-72-78(83)77(76-82)81-79(84)73-69-65-61-57-53-49-45-42-39-36-33-30-27-25-26-28-31-34-37-40-43-47-51-55-59-63-67-71-75-86-80(85)74-70-66-62-58-54-50-46-20-18-16-14-12-10-8-6-4-2/h25-26,68,72,77-78,82-83H,3-24,27-67,69-71,73-76H2,1-2H3,(H,81,84)/b26-25-,72-68+. The lowest BCUT2D eigenvalue weighted by atomic mass is 10.0. The van der Waals surface area contributed by atoms with Gasteiger partial charge in [0.25, 0.3) is 0 Å². The average Bonchev–Trinajstić information content (AvgIpc) is 3.58. The van der Waals surface area contributed by atoms with Crippen molar-refractivity contribution < 1.29 is 24.5 Å². The van der Waals surface area contributed by atoms with Crippen molar-refractivity contribution in [3.8, 4) is 0 Å². The highest BCUT2D eigenvalue weighted by molar-refractivity contribution is 5.76. The summed E-state index contributed by atoms with van der Waals surface area (Å²) in [5.74, 6) is -0.0425. The number of nitrogens with one attached hydrogen (secondary N) is 1. The van der Waals surface area contributed by atoms with Gasteiger partial charge in [-0.2, -0.15) is 0 Å². The highest BCUT2D eigenvalue weighted by Crippen LogP contribution is 2.20. The molecular weight excluding hydrogens is 1050 g/mol. The first-order chi connectivity index (χ1) is 42.5. The average molecular weight is 1210 g/mol. The largest absolute Gasteiger partial charge is 0.466 e. The van der Waals surface area contributed by atoms with Crippen LogP contribution >= 0.6 is 0 Å². The van der Waals surface area contributed by atoms with E-state index in [0.717, 1.165) is 38.5 Å². The van der Waals surface area contributed by atoms with E-state index in [1.54, 1.807) is 6.08 Å². The van der Waals surface area contributed by atoms with Gasteiger partial charge >= 0.3 is 5.97 Å². The van der Waals surface area contributed by atoms with Crippen molar-refractivity contribution in [1.29, 1.82) is 0 Å². The monoisotopic (exact) mass is 1210 g/mol. The fourth-order valence-corrected chi connectivity index (χ4v) is 12.7. The molecule has 0 saturated heterocycles. The zero-order valence-corrected chi connectivity index (χ0v) is 58.6. The summed E-state index contributed by atoms with van der Waals surface area (Å²) >= 11 is 0. The third-order valence-electron chi connectivity index (χ3n) is 18.7. The molecule has 2 atom stereocenters. The molecule has 0 heterocycles. The summed E-state index contributed by atoms with van der Waals surface area (Å²) in [6.07, 6.45) is 97.2. The second-order valence-electron chi connectivity index (χ2n) is 27.4. The van der Waals surface area contributed by atoms with Gasteiger partial charge < -0.3 is 20.3 Å². The number of carbonyl (C=O) groups is 2. The van der Waals surface area contributed by atoms with E-state index in [1.807, 2.05) is 6.08 Å². The number of hydrogen-bond acceptors (Lipinski definition) is 5. The van der Waals surface area contributed by atoms with Gasteiger partial charge in [-0.05, 0) is 57.8 Å². The number of hydrogen-bond donors (Lipinski definition) is 3. The van der Waals surface area contributed by atoms with Gasteiger partial charge in [-0.25, -0.2) is 0 Å². The molecule has 2 unspecified atom stereocenters. The summed E-state index contributed by atoms with van der Waals surface area (Å²) < 4.78 is 5.51.